The summed E-state index contributed by atoms with van der Waals surface area (Å²) in [7, 11) is 0. The zero-order valence-electron chi connectivity index (χ0n) is 21.8. The van der Waals surface area contributed by atoms with Crippen molar-refractivity contribution in [2.24, 2.45) is 23.3 Å². The summed E-state index contributed by atoms with van der Waals surface area (Å²) in [5.41, 5.74) is 15.2. The van der Waals surface area contributed by atoms with Crippen LogP contribution in [-0.2, 0) is 27.1 Å². The first-order chi connectivity index (χ1) is 19.1. The van der Waals surface area contributed by atoms with Crippen molar-refractivity contribution in [3.8, 4) is 0 Å². The van der Waals surface area contributed by atoms with E-state index in [1.807, 2.05) is 17.2 Å². The van der Waals surface area contributed by atoms with Gasteiger partial charge >= 0.3 is 12.2 Å². The predicted molar refractivity (Wildman–Crippen MR) is 156 cm³/mol. The second-order valence-corrected chi connectivity index (χ2v) is 13.0. The normalized spacial score (nSPS) is 24.8. The lowest BCUT2D eigenvalue weighted by atomic mass is 9.76. The summed E-state index contributed by atoms with van der Waals surface area (Å²) in [6, 6.07) is 6.17. The van der Waals surface area contributed by atoms with Crippen molar-refractivity contribution in [2.75, 3.05) is 13.1 Å². The average molecular weight is 699 g/mol. The SMILES string of the molecule is NC(=O)OC1CC(OC(N)=O)CC(C(=O)N2CCC([C@H]3c4ncc(Br)cc4CCc4cc(Cl)cc(Br)c43)CC2)C1. The molecule has 2 heterocycles. The molecule has 1 aromatic heterocycles. The maximum Gasteiger partial charge on any atom is 0.404 e. The van der Waals surface area contributed by atoms with Crippen LogP contribution in [0.5, 0.6) is 0 Å². The number of piperidine rings is 1. The molecular weight excluding hydrogens is 668 g/mol. The lowest BCUT2D eigenvalue weighted by Gasteiger charge is -2.40. The van der Waals surface area contributed by atoms with E-state index in [1.165, 1.54) is 16.7 Å². The maximum absolute atomic E-state index is 13.6. The molecule has 1 saturated heterocycles. The molecule has 2 aromatic rings. The van der Waals surface area contributed by atoms with Gasteiger partial charge in [-0.15, -0.1) is 0 Å². The Morgan fingerprint density at radius 3 is 2.17 bits per heavy atom. The third-order valence-electron chi connectivity index (χ3n) is 8.28. The number of hydrogen-bond donors (Lipinski definition) is 2. The van der Waals surface area contributed by atoms with Gasteiger partial charge in [-0.2, -0.15) is 0 Å². The molecule has 12 heteroatoms. The van der Waals surface area contributed by atoms with Crippen LogP contribution in [0.15, 0.2) is 33.3 Å². The summed E-state index contributed by atoms with van der Waals surface area (Å²) in [4.78, 5) is 43.2. The van der Waals surface area contributed by atoms with Gasteiger partial charge in [-0.25, -0.2) is 9.59 Å². The molecule has 2 aliphatic carbocycles. The van der Waals surface area contributed by atoms with Crippen LogP contribution in [0, 0.1) is 11.8 Å². The average Bonchev–Trinajstić information content (AvgIpc) is 3.04. The zero-order chi connectivity index (χ0) is 28.6. The van der Waals surface area contributed by atoms with E-state index in [2.05, 4.69) is 44.0 Å². The number of hydrogen-bond acceptors (Lipinski definition) is 6. The molecule has 0 bridgehead atoms. The fourth-order valence-corrected chi connectivity index (χ4v) is 8.18. The van der Waals surface area contributed by atoms with E-state index in [1.54, 1.807) is 0 Å². The van der Waals surface area contributed by atoms with Crippen LogP contribution in [0.3, 0.4) is 0 Å². The largest absolute Gasteiger partial charge is 0.446 e. The maximum atomic E-state index is 13.6. The van der Waals surface area contributed by atoms with Gasteiger partial charge in [0.15, 0.2) is 0 Å². The number of primary amides is 2. The van der Waals surface area contributed by atoms with Gasteiger partial charge in [-0.05, 0) is 95.3 Å². The van der Waals surface area contributed by atoms with Gasteiger partial charge in [0.25, 0.3) is 0 Å². The Morgan fingerprint density at radius 2 is 1.55 bits per heavy atom. The topological polar surface area (TPSA) is 138 Å². The lowest BCUT2D eigenvalue weighted by molar-refractivity contribution is -0.141. The number of rotatable bonds is 4. The summed E-state index contributed by atoms with van der Waals surface area (Å²) in [6.07, 6.45) is 3.06. The van der Waals surface area contributed by atoms with E-state index >= 15 is 0 Å². The number of benzene rings is 1. The second-order valence-electron chi connectivity index (χ2n) is 10.8. The Balaban J connectivity index is 1.35. The lowest BCUT2D eigenvalue weighted by Crippen LogP contribution is -2.47. The molecule has 1 aromatic carbocycles. The number of likely N-dealkylation sites (tertiary alicyclic amines) is 1. The van der Waals surface area contributed by atoms with Gasteiger partial charge < -0.3 is 25.8 Å². The van der Waals surface area contributed by atoms with Gasteiger partial charge in [-0.3, -0.25) is 9.78 Å². The van der Waals surface area contributed by atoms with Crippen LogP contribution in [-0.4, -0.2) is 53.3 Å². The van der Waals surface area contributed by atoms with Crippen molar-refractivity contribution in [3.63, 3.8) is 0 Å². The standard InChI is InChI=1S/C28H31Br2ClN4O5/c29-18-7-16-2-1-15-8-19(31)11-22(30)23(15)24(25(16)34-13-18)14-3-5-35(6-4-14)26(36)17-9-20(39-27(32)37)12-21(10-17)40-28(33)38/h7-8,11,13-14,17,20-21,24H,1-6,9-10,12H2,(H2,32,37)(H2,33,38)/t17?,20?,21?,24-/m1/s1. The van der Waals surface area contributed by atoms with Crippen molar-refractivity contribution in [2.45, 2.75) is 63.1 Å². The molecule has 0 radical (unpaired) electrons. The molecule has 3 atom stereocenters. The van der Waals surface area contributed by atoms with E-state index < -0.39 is 30.3 Å². The third kappa shape index (κ3) is 6.41. The molecule has 3 amide bonds. The molecule has 1 aliphatic heterocycles. The van der Waals surface area contributed by atoms with Gasteiger partial charge in [0.1, 0.15) is 12.2 Å². The smallest absolute Gasteiger partial charge is 0.404 e. The fourth-order valence-electron chi connectivity index (χ4n) is 6.68. The summed E-state index contributed by atoms with van der Waals surface area (Å²) < 4.78 is 12.3. The van der Waals surface area contributed by atoms with E-state index in [4.69, 9.17) is 37.5 Å². The molecule has 2 fully saturated rings. The van der Waals surface area contributed by atoms with Crippen molar-refractivity contribution >= 4 is 61.6 Å². The van der Waals surface area contributed by atoms with Gasteiger partial charge in [0.05, 0.1) is 5.69 Å². The molecule has 0 spiro atoms. The van der Waals surface area contributed by atoms with Crippen LogP contribution < -0.4 is 11.5 Å². The minimum atomic E-state index is -0.922. The second kappa shape index (κ2) is 12.2. The van der Waals surface area contributed by atoms with E-state index in [-0.39, 0.29) is 24.2 Å². The fraction of sp³-hybridized carbons (Fsp3) is 0.500. The quantitative estimate of drug-likeness (QED) is 0.436. The predicted octanol–water partition coefficient (Wildman–Crippen LogP) is 5.46. The Hall–Kier alpha value is -2.37. The summed E-state index contributed by atoms with van der Waals surface area (Å²) >= 11 is 13.8. The number of aryl methyl sites for hydroxylation is 2. The highest BCUT2D eigenvalue weighted by atomic mass is 79.9. The van der Waals surface area contributed by atoms with E-state index in [9.17, 15) is 14.4 Å². The first kappa shape index (κ1) is 29.1. The highest BCUT2D eigenvalue weighted by Gasteiger charge is 2.41. The highest BCUT2D eigenvalue weighted by molar-refractivity contribution is 9.10. The van der Waals surface area contributed by atoms with Crippen LogP contribution in [0.4, 0.5) is 9.59 Å². The van der Waals surface area contributed by atoms with Crippen molar-refractivity contribution in [1.82, 2.24) is 9.88 Å². The van der Waals surface area contributed by atoms with Crippen LogP contribution in [0.2, 0.25) is 5.02 Å². The molecule has 2 unspecified atom stereocenters. The van der Waals surface area contributed by atoms with Crippen molar-refractivity contribution < 1.29 is 23.9 Å². The minimum Gasteiger partial charge on any atom is -0.446 e. The number of pyridine rings is 1. The van der Waals surface area contributed by atoms with Crippen molar-refractivity contribution in [1.29, 1.82) is 0 Å². The minimum absolute atomic E-state index is 0.0361. The third-order valence-corrected chi connectivity index (χ3v) is 9.58. The first-order valence-corrected chi connectivity index (χ1v) is 15.4. The Bertz CT molecular complexity index is 1300. The number of ether oxygens (including phenoxy) is 2. The Kier molecular flexibility index (Phi) is 8.92. The van der Waals surface area contributed by atoms with Gasteiger partial charge in [-0.1, -0.05) is 27.5 Å². The molecule has 3 aliphatic rings. The number of carbonyl (C=O) groups is 3. The molecule has 40 heavy (non-hydrogen) atoms. The number of fused-ring (bicyclic) bond motifs is 2. The van der Waals surface area contributed by atoms with Gasteiger partial charge in [0.2, 0.25) is 5.91 Å². The summed E-state index contributed by atoms with van der Waals surface area (Å²) in [5, 5.41) is 0.703. The molecule has 9 nitrogen and oxygen atoms in total. The number of aromatic nitrogens is 1. The van der Waals surface area contributed by atoms with E-state index in [0.717, 1.165) is 40.3 Å². The van der Waals surface area contributed by atoms with Crippen LogP contribution in [0.1, 0.15) is 60.4 Å². The zero-order valence-corrected chi connectivity index (χ0v) is 25.7. The highest BCUT2D eigenvalue weighted by Crippen LogP contribution is 2.46. The monoisotopic (exact) mass is 696 g/mol. The molecular formula is C28H31Br2ClN4O5. The number of carbonyl (C=O) groups excluding carboxylic acids is 3. The number of nitrogens with zero attached hydrogens (tertiary/aromatic N) is 2. The molecule has 5 rings (SSSR count). The Morgan fingerprint density at radius 1 is 0.925 bits per heavy atom. The molecule has 214 valence electrons. The van der Waals surface area contributed by atoms with Crippen LogP contribution in [0.25, 0.3) is 0 Å². The molecule has 1 saturated carbocycles. The van der Waals surface area contributed by atoms with E-state index in [0.29, 0.717) is 31.0 Å². The summed E-state index contributed by atoms with van der Waals surface area (Å²) in [6.45, 7) is 1.18. The van der Waals surface area contributed by atoms with Crippen molar-refractivity contribution in [3.05, 3.63) is 60.7 Å². The van der Waals surface area contributed by atoms with Crippen LogP contribution >= 0.6 is 43.5 Å². The number of nitrogens with two attached hydrogens (primary N) is 2. The first-order valence-electron chi connectivity index (χ1n) is 13.4. The Labute approximate surface area is 254 Å². The molecule has 4 N–H and O–H groups in total. The summed E-state index contributed by atoms with van der Waals surface area (Å²) in [5.74, 6) is -0.158. The number of amides is 3. The number of halogens is 3. The van der Waals surface area contributed by atoms with Gasteiger partial charge in [0, 0.05) is 51.5 Å².